The van der Waals surface area contributed by atoms with Gasteiger partial charge in [-0.1, -0.05) is 23.7 Å². The quantitative estimate of drug-likeness (QED) is 0.364. The third-order valence-electron chi connectivity index (χ3n) is 7.40. The lowest BCUT2D eigenvalue weighted by Crippen LogP contribution is -2.52. The van der Waals surface area contributed by atoms with Gasteiger partial charge >= 0.3 is 6.09 Å². The van der Waals surface area contributed by atoms with Crippen LogP contribution in [0.3, 0.4) is 0 Å². The van der Waals surface area contributed by atoms with Crippen LogP contribution in [0.4, 0.5) is 4.79 Å². The number of amides is 2. The van der Waals surface area contributed by atoms with Gasteiger partial charge in [0.2, 0.25) is 5.91 Å². The van der Waals surface area contributed by atoms with Crippen molar-refractivity contribution in [3.8, 4) is 0 Å². The van der Waals surface area contributed by atoms with Crippen molar-refractivity contribution in [3.05, 3.63) is 90.1 Å². The fraction of sp³-hybridized carbons (Fsp3) is 0.440. The van der Waals surface area contributed by atoms with Crippen molar-refractivity contribution in [1.82, 2.24) is 15.1 Å². The van der Waals surface area contributed by atoms with E-state index in [1.807, 2.05) is 12.1 Å². The van der Waals surface area contributed by atoms with E-state index in [-0.39, 0.29) is 44.9 Å². The van der Waals surface area contributed by atoms with Crippen LogP contribution in [0.5, 0.6) is 0 Å². The minimum Gasteiger partial charge on any atom is -0.488 e. The van der Waals surface area contributed by atoms with Gasteiger partial charge in [-0.25, -0.2) is 4.79 Å². The lowest BCUT2D eigenvalue weighted by atomic mass is 9.95. The molecule has 2 unspecified atom stereocenters. The Balaban J connectivity index is 1.16. The molecule has 1 N–H and O–H groups in total. The topological polar surface area (TPSA) is 176 Å². The van der Waals surface area contributed by atoms with Crippen LogP contribution in [0.15, 0.2) is 59.3 Å². The first-order valence-electron chi connectivity index (χ1n) is 12.8. The average Bonchev–Trinajstić information content (AvgIpc) is 3.54. The predicted octanol–water partition coefficient (Wildman–Crippen LogP) is 2.86. The highest BCUT2D eigenvalue weighted by molar-refractivity contribution is 6.30. The lowest BCUT2D eigenvalue weighted by Gasteiger charge is -2.35. The number of benzene rings is 1. The number of piperazine rings is 1. The molecule has 1 saturated heterocycles. The summed E-state index contributed by atoms with van der Waals surface area (Å²) in [6, 6.07) is 7.26. The summed E-state index contributed by atoms with van der Waals surface area (Å²) in [7, 11) is 0. The van der Waals surface area contributed by atoms with Gasteiger partial charge in [0.25, 0.3) is 10.2 Å². The molecule has 1 saturated carbocycles. The van der Waals surface area contributed by atoms with E-state index in [9.17, 15) is 29.8 Å². The monoisotopic (exact) mass is 591 g/mol. The van der Waals surface area contributed by atoms with Crippen LogP contribution < -0.4 is 5.32 Å². The predicted molar refractivity (Wildman–Crippen MR) is 138 cm³/mol. The van der Waals surface area contributed by atoms with E-state index in [1.165, 1.54) is 9.80 Å². The summed E-state index contributed by atoms with van der Waals surface area (Å²) in [4.78, 5) is 59.7. The normalized spacial score (nSPS) is 25.3. The summed E-state index contributed by atoms with van der Waals surface area (Å²) in [6.45, 7) is 2.53. The number of hydrogen-bond acceptors (Lipinski definition) is 11. The van der Waals surface area contributed by atoms with Gasteiger partial charge in [0.1, 0.15) is 12.2 Å². The maximum Gasteiger partial charge on any atom is 0.415 e. The van der Waals surface area contributed by atoms with Crippen molar-refractivity contribution < 1.29 is 38.9 Å². The summed E-state index contributed by atoms with van der Waals surface area (Å²) in [5.74, 6) is -0.754. The molecule has 1 aromatic rings. The minimum atomic E-state index is -1.23. The van der Waals surface area contributed by atoms with Crippen molar-refractivity contribution in [2.24, 2.45) is 5.92 Å². The average molecular weight is 592 g/mol. The Morgan fingerprint density at radius 2 is 1.59 bits per heavy atom. The summed E-state index contributed by atoms with van der Waals surface area (Å²) < 4.78 is 11.7. The van der Waals surface area contributed by atoms with Crippen molar-refractivity contribution in [1.29, 1.82) is 0 Å². The van der Waals surface area contributed by atoms with Crippen LogP contribution >= 0.6 is 11.6 Å². The molecule has 1 aliphatic carbocycles. The molecular weight excluding hydrogens is 566 g/mol. The standard InChI is InChI=1S/C25H26ClN5O10/c1-14-22(19-13-38-23(18(19)12-27-14)15-2-4-17(26)5-3-15)39-25(33)29-8-6-28(7-9-29)24(32)16-10-20(40-30(34)35)21(11-16)41-31(36)37/h2-5,12-13,16,20-21,23,27H,6-11H2,1H3/t16?,20-,21+,23?. The largest absolute Gasteiger partial charge is 0.488 e. The van der Waals surface area contributed by atoms with Gasteiger partial charge in [0.15, 0.2) is 11.9 Å². The van der Waals surface area contributed by atoms with Gasteiger partial charge < -0.3 is 34.3 Å². The Morgan fingerprint density at radius 3 is 2.17 bits per heavy atom. The van der Waals surface area contributed by atoms with Crippen LogP contribution in [0.25, 0.3) is 0 Å². The number of rotatable bonds is 7. The molecular formula is C25H26ClN5O10. The van der Waals surface area contributed by atoms with Crippen molar-refractivity contribution >= 4 is 23.6 Å². The fourth-order valence-corrected chi connectivity index (χ4v) is 5.49. The van der Waals surface area contributed by atoms with Gasteiger partial charge in [-0.3, -0.25) is 4.79 Å². The second-order valence-corrected chi connectivity index (χ2v) is 10.3. The number of carbonyl (C=O) groups excluding carboxylic acids is 2. The van der Waals surface area contributed by atoms with Crippen LogP contribution in [0.1, 0.15) is 31.4 Å². The molecule has 16 heteroatoms. The number of carbonyl (C=O) groups is 2. The second kappa shape index (κ2) is 11.5. The third kappa shape index (κ3) is 5.99. The van der Waals surface area contributed by atoms with Gasteiger partial charge in [-0.05, 0) is 37.5 Å². The molecule has 2 fully saturated rings. The number of halogens is 1. The van der Waals surface area contributed by atoms with E-state index in [0.717, 1.165) is 11.1 Å². The van der Waals surface area contributed by atoms with Crippen LogP contribution in [-0.4, -0.2) is 70.4 Å². The highest BCUT2D eigenvalue weighted by Crippen LogP contribution is 2.42. The zero-order valence-electron chi connectivity index (χ0n) is 21.8. The van der Waals surface area contributed by atoms with Gasteiger partial charge in [-0.2, -0.15) is 0 Å². The molecule has 1 aromatic carbocycles. The smallest absolute Gasteiger partial charge is 0.415 e. The number of ether oxygens (including phenoxy) is 2. The van der Waals surface area contributed by atoms with Gasteiger partial charge in [-0.15, -0.1) is 20.2 Å². The number of fused-ring (bicyclic) bond motifs is 1. The molecule has 4 atom stereocenters. The molecule has 218 valence electrons. The van der Waals surface area contributed by atoms with Crippen LogP contribution in [0.2, 0.25) is 5.02 Å². The van der Waals surface area contributed by atoms with E-state index < -0.39 is 40.5 Å². The van der Waals surface area contributed by atoms with E-state index >= 15 is 0 Å². The van der Waals surface area contributed by atoms with E-state index in [0.29, 0.717) is 22.1 Å². The fourth-order valence-electron chi connectivity index (χ4n) is 5.36. The minimum absolute atomic E-state index is 0.0922. The second-order valence-electron chi connectivity index (χ2n) is 9.88. The third-order valence-corrected chi connectivity index (χ3v) is 7.65. The van der Waals surface area contributed by atoms with Gasteiger partial charge in [0.05, 0.1) is 17.5 Å². The molecule has 0 aromatic heterocycles. The van der Waals surface area contributed by atoms with E-state index in [4.69, 9.17) is 21.1 Å². The van der Waals surface area contributed by atoms with E-state index in [2.05, 4.69) is 15.0 Å². The Morgan fingerprint density at radius 1 is 1.00 bits per heavy atom. The molecule has 15 nitrogen and oxygen atoms in total. The lowest BCUT2D eigenvalue weighted by molar-refractivity contribution is -0.797. The highest BCUT2D eigenvalue weighted by Gasteiger charge is 2.44. The molecule has 0 bridgehead atoms. The number of nitrogens with zero attached hydrogens (tertiary/aromatic N) is 4. The summed E-state index contributed by atoms with van der Waals surface area (Å²) in [5, 5.41) is 23.2. The maximum absolute atomic E-state index is 13.1. The van der Waals surface area contributed by atoms with Crippen molar-refractivity contribution in [3.63, 3.8) is 0 Å². The van der Waals surface area contributed by atoms with Gasteiger partial charge in [0, 0.05) is 48.9 Å². The molecule has 3 heterocycles. The zero-order chi connectivity index (χ0) is 29.3. The zero-order valence-corrected chi connectivity index (χ0v) is 22.5. The molecule has 0 spiro atoms. The van der Waals surface area contributed by atoms with Crippen molar-refractivity contribution in [2.45, 2.75) is 38.1 Å². The summed E-state index contributed by atoms with van der Waals surface area (Å²) in [6.07, 6.45) is -0.266. The number of hydrogen-bond donors (Lipinski definition) is 1. The highest BCUT2D eigenvalue weighted by atomic mass is 35.5. The Labute approximate surface area is 238 Å². The molecule has 4 aliphatic rings. The SMILES string of the molecule is CC1=C(OC(=O)N2CCN(C(=O)C3C[C@H](O[N+](=O)[O-])[C@H](O[N+](=O)[O-])C3)CC2)C2=COC(c3ccc(Cl)cc3)C2=CN1. The molecule has 5 rings (SSSR count). The van der Waals surface area contributed by atoms with Crippen molar-refractivity contribution in [2.75, 3.05) is 26.2 Å². The molecule has 0 radical (unpaired) electrons. The number of allylic oxidation sites excluding steroid dienone is 2. The number of dihydropyridines is 1. The Kier molecular flexibility index (Phi) is 7.88. The number of nitrogens with one attached hydrogen (secondary N) is 1. The Hall–Kier alpha value is -4.53. The first-order valence-corrected chi connectivity index (χ1v) is 13.2. The molecule has 2 amide bonds. The summed E-state index contributed by atoms with van der Waals surface area (Å²) in [5.41, 5.74) is 2.95. The summed E-state index contributed by atoms with van der Waals surface area (Å²) >= 11 is 6.01. The molecule has 3 aliphatic heterocycles. The van der Waals surface area contributed by atoms with E-state index in [1.54, 1.807) is 31.5 Å². The first-order chi connectivity index (χ1) is 19.6. The maximum atomic E-state index is 13.1. The Bertz CT molecular complexity index is 1310. The van der Waals surface area contributed by atoms with Crippen LogP contribution in [0, 0.1) is 26.1 Å². The first kappa shape index (κ1) is 28.0. The van der Waals surface area contributed by atoms with Crippen LogP contribution in [-0.2, 0) is 23.9 Å². The molecule has 41 heavy (non-hydrogen) atoms.